The first-order valence-electron chi connectivity index (χ1n) is 10.0. The summed E-state index contributed by atoms with van der Waals surface area (Å²) >= 11 is 6.36. The molecule has 30 heavy (non-hydrogen) atoms. The minimum absolute atomic E-state index is 0. The van der Waals surface area contributed by atoms with Gasteiger partial charge in [-0.05, 0) is 38.0 Å². The van der Waals surface area contributed by atoms with Crippen LogP contribution in [0.4, 0.5) is 0 Å². The Balaban J connectivity index is 0.00000450. The Hall–Kier alpha value is -1.68. The minimum Gasteiger partial charge on any atom is -0.493 e. The average molecular weight is 551 g/mol. The molecule has 2 N–H and O–H groups in total. The van der Waals surface area contributed by atoms with Gasteiger partial charge in [-0.2, -0.15) is 0 Å². The normalized spacial score (nSPS) is 11.1. The van der Waals surface area contributed by atoms with Crippen LogP contribution in [0, 0.1) is 0 Å². The zero-order valence-electron chi connectivity index (χ0n) is 18.3. The van der Waals surface area contributed by atoms with E-state index in [9.17, 15) is 0 Å². The van der Waals surface area contributed by atoms with Crippen molar-refractivity contribution in [3.05, 3.63) is 39.7 Å². The van der Waals surface area contributed by atoms with E-state index in [1.807, 2.05) is 26.0 Å². The van der Waals surface area contributed by atoms with E-state index in [1.165, 1.54) is 0 Å². The number of nitrogens with one attached hydrogen (secondary N) is 2. The van der Waals surface area contributed by atoms with Crippen LogP contribution in [0.5, 0.6) is 11.5 Å². The average Bonchev–Trinajstić information content (AvgIpc) is 3.13. The van der Waals surface area contributed by atoms with Crippen molar-refractivity contribution in [1.82, 2.24) is 15.8 Å². The van der Waals surface area contributed by atoms with Gasteiger partial charge in [-0.25, -0.2) is 4.99 Å². The number of halogens is 2. The van der Waals surface area contributed by atoms with Gasteiger partial charge in [0, 0.05) is 25.1 Å². The van der Waals surface area contributed by atoms with Crippen molar-refractivity contribution in [2.24, 2.45) is 4.99 Å². The number of aromatic nitrogens is 1. The van der Waals surface area contributed by atoms with Crippen molar-refractivity contribution < 1.29 is 14.0 Å². The molecule has 1 aromatic heterocycles. The molecule has 2 aromatic rings. The zero-order chi connectivity index (χ0) is 21.2. The highest BCUT2D eigenvalue weighted by molar-refractivity contribution is 14.0. The van der Waals surface area contributed by atoms with Gasteiger partial charge < -0.3 is 24.6 Å². The van der Waals surface area contributed by atoms with Gasteiger partial charge in [0.1, 0.15) is 5.76 Å². The number of ether oxygens (including phenoxy) is 2. The van der Waals surface area contributed by atoms with Crippen LogP contribution in [-0.2, 0) is 25.9 Å². The van der Waals surface area contributed by atoms with Gasteiger partial charge in [-0.15, -0.1) is 24.0 Å². The molecule has 0 aliphatic carbocycles. The third-order valence-electron chi connectivity index (χ3n) is 4.38. The summed E-state index contributed by atoms with van der Waals surface area (Å²) in [4.78, 5) is 4.67. The zero-order valence-corrected chi connectivity index (χ0v) is 21.4. The van der Waals surface area contributed by atoms with Crippen LogP contribution in [0.1, 0.15) is 50.3 Å². The fraction of sp³-hybridized carbons (Fsp3) is 0.524. The van der Waals surface area contributed by atoms with Gasteiger partial charge in [0.25, 0.3) is 0 Å². The molecule has 0 atom stereocenters. The van der Waals surface area contributed by atoms with Crippen LogP contribution < -0.4 is 20.1 Å². The molecule has 0 spiro atoms. The molecular formula is C21H32ClIN4O3. The van der Waals surface area contributed by atoms with E-state index in [-0.39, 0.29) is 24.0 Å². The molecular weight excluding hydrogens is 519 g/mol. The number of hydrogen-bond donors (Lipinski definition) is 2. The van der Waals surface area contributed by atoms with Gasteiger partial charge in [-0.1, -0.05) is 30.6 Å². The molecule has 0 saturated heterocycles. The van der Waals surface area contributed by atoms with Crippen LogP contribution in [0.15, 0.2) is 21.6 Å². The molecule has 2 rings (SSSR count). The van der Waals surface area contributed by atoms with Gasteiger partial charge in [0.05, 0.1) is 31.0 Å². The molecule has 1 heterocycles. The lowest BCUT2D eigenvalue weighted by Gasteiger charge is -2.14. The topological polar surface area (TPSA) is 80.9 Å². The summed E-state index contributed by atoms with van der Waals surface area (Å²) in [5.74, 6) is 2.78. The maximum absolute atomic E-state index is 6.36. The molecule has 0 bridgehead atoms. The predicted octanol–water partition coefficient (Wildman–Crippen LogP) is 4.73. The Bertz CT molecular complexity index is 805. The quantitative estimate of drug-likeness (QED) is 0.253. The Morgan fingerprint density at radius 1 is 1.17 bits per heavy atom. The predicted molar refractivity (Wildman–Crippen MR) is 132 cm³/mol. The Morgan fingerprint density at radius 3 is 2.53 bits per heavy atom. The monoisotopic (exact) mass is 550 g/mol. The largest absolute Gasteiger partial charge is 0.493 e. The summed E-state index contributed by atoms with van der Waals surface area (Å²) < 4.78 is 16.4. The second-order valence-electron chi connectivity index (χ2n) is 6.33. The molecule has 1 aromatic carbocycles. The van der Waals surface area contributed by atoms with Crippen LogP contribution in [0.25, 0.3) is 0 Å². The highest BCUT2D eigenvalue weighted by Gasteiger charge is 2.14. The summed E-state index contributed by atoms with van der Waals surface area (Å²) in [6.45, 7) is 10.4. The van der Waals surface area contributed by atoms with Gasteiger partial charge in [0.15, 0.2) is 17.5 Å². The molecule has 0 saturated carbocycles. The van der Waals surface area contributed by atoms with Gasteiger partial charge >= 0.3 is 0 Å². The summed E-state index contributed by atoms with van der Waals surface area (Å²) in [7, 11) is 1.60. The SMILES string of the molecule is CCNC(=NCc1cc(Cl)c(OCC)c(OC)c1)NCc1c(CC)noc1CC.I. The van der Waals surface area contributed by atoms with E-state index in [0.29, 0.717) is 42.2 Å². The van der Waals surface area contributed by atoms with Gasteiger partial charge in [0.2, 0.25) is 0 Å². The van der Waals surface area contributed by atoms with Gasteiger partial charge in [-0.3, -0.25) is 0 Å². The van der Waals surface area contributed by atoms with Crippen molar-refractivity contribution in [2.75, 3.05) is 20.3 Å². The number of methoxy groups -OCH3 is 1. The number of aryl methyl sites for hydroxylation is 2. The summed E-state index contributed by atoms with van der Waals surface area (Å²) in [6.07, 6.45) is 1.64. The first-order valence-corrected chi connectivity index (χ1v) is 10.4. The van der Waals surface area contributed by atoms with Crippen LogP contribution in [0.3, 0.4) is 0 Å². The van der Waals surface area contributed by atoms with E-state index in [2.05, 4.69) is 34.6 Å². The lowest BCUT2D eigenvalue weighted by atomic mass is 10.1. The fourth-order valence-corrected chi connectivity index (χ4v) is 3.26. The highest BCUT2D eigenvalue weighted by Crippen LogP contribution is 2.36. The molecule has 168 valence electrons. The molecule has 9 heteroatoms. The Kier molecular flexibility index (Phi) is 11.9. The lowest BCUT2D eigenvalue weighted by molar-refractivity contribution is 0.311. The highest BCUT2D eigenvalue weighted by atomic mass is 127. The number of aliphatic imine (C=N–C) groups is 1. The number of nitrogens with zero attached hydrogens (tertiary/aromatic N) is 2. The number of guanidine groups is 1. The Labute approximate surface area is 201 Å². The first kappa shape index (κ1) is 26.4. The minimum atomic E-state index is 0. The molecule has 0 aliphatic heterocycles. The number of benzene rings is 1. The molecule has 0 radical (unpaired) electrons. The Morgan fingerprint density at radius 2 is 1.93 bits per heavy atom. The van der Waals surface area contributed by atoms with E-state index in [0.717, 1.165) is 42.0 Å². The fourth-order valence-electron chi connectivity index (χ4n) is 2.97. The molecule has 0 unspecified atom stereocenters. The standard InChI is InChI=1S/C21H31ClN4O3.HI/c1-6-17-15(18(7-2)29-26-17)13-25-21(23-8-3)24-12-14-10-16(22)20(28-9-4)19(11-14)27-5;/h10-11H,6-9,12-13H2,1-5H3,(H2,23,24,25);1H. The maximum Gasteiger partial charge on any atom is 0.191 e. The second kappa shape index (κ2) is 13.6. The summed E-state index contributed by atoms with van der Waals surface area (Å²) in [5.41, 5.74) is 3.01. The van der Waals surface area contributed by atoms with Crippen molar-refractivity contribution in [3.8, 4) is 11.5 Å². The lowest BCUT2D eigenvalue weighted by Crippen LogP contribution is -2.37. The molecule has 0 fully saturated rings. The third kappa shape index (κ3) is 6.94. The number of hydrogen-bond acceptors (Lipinski definition) is 5. The molecule has 0 aliphatic rings. The third-order valence-corrected chi connectivity index (χ3v) is 4.66. The maximum atomic E-state index is 6.36. The first-order chi connectivity index (χ1) is 14.1. The van der Waals surface area contributed by atoms with Crippen molar-refractivity contribution in [3.63, 3.8) is 0 Å². The second-order valence-corrected chi connectivity index (χ2v) is 6.74. The van der Waals surface area contributed by atoms with Crippen molar-refractivity contribution in [1.29, 1.82) is 0 Å². The number of rotatable bonds is 10. The summed E-state index contributed by atoms with van der Waals surface area (Å²) in [5, 5.41) is 11.3. The smallest absolute Gasteiger partial charge is 0.191 e. The van der Waals surface area contributed by atoms with Crippen molar-refractivity contribution >= 4 is 41.5 Å². The van der Waals surface area contributed by atoms with E-state index in [1.54, 1.807) is 7.11 Å². The van der Waals surface area contributed by atoms with Crippen molar-refractivity contribution in [2.45, 2.75) is 53.6 Å². The van der Waals surface area contributed by atoms with E-state index >= 15 is 0 Å². The van der Waals surface area contributed by atoms with Crippen LogP contribution in [0.2, 0.25) is 5.02 Å². The molecule has 7 nitrogen and oxygen atoms in total. The van der Waals surface area contributed by atoms with E-state index in [4.69, 9.17) is 25.6 Å². The van der Waals surface area contributed by atoms with Crippen LogP contribution in [-0.4, -0.2) is 31.4 Å². The van der Waals surface area contributed by atoms with Crippen LogP contribution >= 0.6 is 35.6 Å². The van der Waals surface area contributed by atoms with E-state index < -0.39 is 0 Å². The summed E-state index contributed by atoms with van der Waals surface area (Å²) in [6, 6.07) is 3.75. The molecule has 0 amide bonds.